The second-order valence-corrected chi connectivity index (χ2v) is 7.38. The van der Waals surface area contributed by atoms with Crippen LogP contribution in [0.4, 0.5) is 0 Å². The molecular formula is C22H29N3+2. The quantitative estimate of drug-likeness (QED) is 0.601. The second-order valence-electron chi connectivity index (χ2n) is 7.38. The minimum Gasteiger partial charge on any atom is -0.361 e. The van der Waals surface area contributed by atoms with Gasteiger partial charge in [0.05, 0.1) is 6.54 Å². The van der Waals surface area contributed by atoms with E-state index in [9.17, 15) is 0 Å². The minimum atomic E-state index is 1.15. The Morgan fingerprint density at radius 1 is 0.800 bits per heavy atom. The van der Waals surface area contributed by atoms with Crippen molar-refractivity contribution in [3.63, 3.8) is 0 Å². The van der Waals surface area contributed by atoms with Crippen LogP contribution in [0, 0.1) is 0 Å². The SMILES string of the molecule is c1ccc(CCC[NH+]2CC[NH+](Cc3c[nH]c4ccccc34)CC2)cc1. The molecule has 0 bridgehead atoms. The number of H-pyrrole nitrogens is 1. The molecule has 1 fully saturated rings. The number of quaternary nitrogens is 2. The average molecular weight is 335 g/mol. The predicted molar refractivity (Wildman–Crippen MR) is 103 cm³/mol. The Labute approximate surface area is 150 Å². The number of para-hydroxylation sites is 1. The molecule has 3 nitrogen and oxygen atoms in total. The molecule has 130 valence electrons. The Bertz CT molecular complexity index is 785. The summed E-state index contributed by atoms with van der Waals surface area (Å²) in [6.45, 7) is 7.68. The van der Waals surface area contributed by atoms with Gasteiger partial charge in [0, 0.05) is 29.1 Å². The smallest absolute Gasteiger partial charge is 0.127 e. The fourth-order valence-corrected chi connectivity index (χ4v) is 4.12. The van der Waals surface area contributed by atoms with E-state index in [-0.39, 0.29) is 0 Å². The highest BCUT2D eigenvalue weighted by atomic mass is 15.3. The van der Waals surface area contributed by atoms with Crippen LogP contribution in [0.1, 0.15) is 17.5 Å². The number of aryl methyl sites for hydroxylation is 1. The van der Waals surface area contributed by atoms with Crippen LogP contribution >= 0.6 is 0 Å². The van der Waals surface area contributed by atoms with Crippen molar-refractivity contribution < 1.29 is 9.80 Å². The number of rotatable bonds is 6. The lowest BCUT2D eigenvalue weighted by Gasteiger charge is -2.29. The van der Waals surface area contributed by atoms with Crippen LogP contribution in [0.5, 0.6) is 0 Å². The molecule has 0 atom stereocenters. The van der Waals surface area contributed by atoms with Crippen molar-refractivity contribution in [1.82, 2.24) is 4.98 Å². The predicted octanol–water partition coefficient (Wildman–Crippen LogP) is 1.08. The van der Waals surface area contributed by atoms with E-state index in [1.165, 1.54) is 67.6 Å². The molecule has 25 heavy (non-hydrogen) atoms. The molecule has 0 saturated carbocycles. The largest absolute Gasteiger partial charge is 0.361 e. The minimum absolute atomic E-state index is 1.15. The van der Waals surface area contributed by atoms with E-state index >= 15 is 0 Å². The van der Waals surface area contributed by atoms with E-state index in [2.05, 4.69) is 65.8 Å². The third-order valence-electron chi connectivity index (χ3n) is 5.62. The summed E-state index contributed by atoms with van der Waals surface area (Å²) in [6, 6.07) is 19.6. The average Bonchev–Trinajstić information content (AvgIpc) is 3.07. The lowest BCUT2D eigenvalue weighted by atomic mass is 10.1. The van der Waals surface area contributed by atoms with Gasteiger partial charge in [-0.15, -0.1) is 0 Å². The fraction of sp³-hybridized carbons (Fsp3) is 0.364. The third kappa shape index (κ3) is 4.12. The second kappa shape index (κ2) is 7.85. The Hall–Kier alpha value is -2.10. The molecule has 3 N–H and O–H groups in total. The van der Waals surface area contributed by atoms with Crippen molar-refractivity contribution in [3.05, 3.63) is 71.9 Å². The zero-order chi connectivity index (χ0) is 16.9. The summed E-state index contributed by atoms with van der Waals surface area (Å²) in [5.41, 5.74) is 4.21. The monoisotopic (exact) mass is 335 g/mol. The normalized spacial score (nSPS) is 20.8. The first-order valence-electron chi connectivity index (χ1n) is 9.64. The molecule has 3 heteroatoms. The molecule has 2 heterocycles. The maximum atomic E-state index is 3.41. The van der Waals surface area contributed by atoms with E-state index in [0.29, 0.717) is 0 Å². The summed E-state index contributed by atoms with van der Waals surface area (Å²) in [4.78, 5) is 6.93. The van der Waals surface area contributed by atoms with E-state index in [4.69, 9.17) is 0 Å². The molecule has 0 spiro atoms. The Kier molecular flexibility index (Phi) is 5.14. The molecule has 1 aliphatic rings. The van der Waals surface area contributed by atoms with Gasteiger partial charge in [0.1, 0.15) is 32.7 Å². The van der Waals surface area contributed by atoms with E-state index in [0.717, 1.165) is 6.54 Å². The number of hydrogen-bond donors (Lipinski definition) is 3. The van der Waals surface area contributed by atoms with E-state index < -0.39 is 0 Å². The molecule has 0 radical (unpaired) electrons. The van der Waals surface area contributed by atoms with Gasteiger partial charge in [0.15, 0.2) is 0 Å². The van der Waals surface area contributed by atoms with E-state index in [1.54, 1.807) is 9.80 Å². The number of fused-ring (bicyclic) bond motifs is 1. The molecule has 1 aliphatic heterocycles. The summed E-state index contributed by atoms with van der Waals surface area (Å²) in [7, 11) is 0. The van der Waals surface area contributed by atoms with Crippen molar-refractivity contribution in [2.24, 2.45) is 0 Å². The van der Waals surface area contributed by atoms with Crippen molar-refractivity contribution in [2.45, 2.75) is 19.4 Å². The van der Waals surface area contributed by atoms with Crippen LogP contribution in [0.2, 0.25) is 0 Å². The zero-order valence-electron chi connectivity index (χ0n) is 14.9. The van der Waals surface area contributed by atoms with Gasteiger partial charge in [-0.05, 0) is 18.1 Å². The van der Waals surface area contributed by atoms with Gasteiger partial charge in [-0.1, -0.05) is 48.5 Å². The van der Waals surface area contributed by atoms with Crippen molar-refractivity contribution in [3.8, 4) is 0 Å². The molecule has 0 unspecified atom stereocenters. The van der Waals surface area contributed by atoms with Crippen LogP contribution in [0.15, 0.2) is 60.8 Å². The third-order valence-corrected chi connectivity index (χ3v) is 5.62. The highest BCUT2D eigenvalue weighted by Gasteiger charge is 2.23. The molecule has 0 amide bonds. The standard InChI is InChI=1S/C22H27N3/c1-2-7-19(8-3-1)9-6-12-24-13-15-25(16-14-24)18-20-17-23-22-11-5-4-10-21(20)22/h1-5,7-8,10-11,17,23H,6,9,12-16,18H2/p+2. The van der Waals surface area contributed by atoms with Gasteiger partial charge in [-0.3, -0.25) is 0 Å². The van der Waals surface area contributed by atoms with Crippen LogP contribution in [0.3, 0.4) is 0 Å². The van der Waals surface area contributed by atoms with Crippen LogP contribution in [-0.2, 0) is 13.0 Å². The number of piperazine rings is 1. The maximum Gasteiger partial charge on any atom is 0.127 e. The first kappa shape index (κ1) is 16.4. The lowest BCUT2D eigenvalue weighted by Crippen LogP contribution is -3.27. The maximum absolute atomic E-state index is 3.41. The number of nitrogens with one attached hydrogen (secondary N) is 3. The molecule has 0 aliphatic carbocycles. The number of hydrogen-bond acceptors (Lipinski definition) is 0. The molecule has 2 aromatic carbocycles. The first-order valence-corrected chi connectivity index (χ1v) is 9.64. The Morgan fingerprint density at radius 2 is 1.52 bits per heavy atom. The molecule has 1 saturated heterocycles. The van der Waals surface area contributed by atoms with Gasteiger partial charge in [0.2, 0.25) is 0 Å². The lowest BCUT2D eigenvalue weighted by molar-refractivity contribution is -1.02. The number of aromatic amines is 1. The fourth-order valence-electron chi connectivity index (χ4n) is 4.12. The van der Waals surface area contributed by atoms with Gasteiger partial charge in [-0.25, -0.2) is 0 Å². The molecule has 4 rings (SSSR count). The summed E-state index contributed by atoms with van der Waals surface area (Å²) < 4.78 is 0. The van der Waals surface area contributed by atoms with Crippen molar-refractivity contribution in [1.29, 1.82) is 0 Å². The molecule has 1 aromatic heterocycles. The number of aromatic nitrogens is 1. The topological polar surface area (TPSA) is 24.7 Å². The van der Waals surface area contributed by atoms with Gasteiger partial charge >= 0.3 is 0 Å². The van der Waals surface area contributed by atoms with Gasteiger partial charge in [-0.2, -0.15) is 0 Å². The number of benzene rings is 2. The zero-order valence-corrected chi connectivity index (χ0v) is 14.9. The van der Waals surface area contributed by atoms with Crippen LogP contribution in [-0.4, -0.2) is 37.7 Å². The summed E-state index contributed by atoms with van der Waals surface area (Å²) in [5.74, 6) is 0. The molecular weight excluding hydrogens is 306 g/mol. The van der Waals surface area contributed by atoms with Gasteiger partial charge in [0.25, 0.3) is 0 Å². The summed E-state index contributed by atoms with van der Waals surface area (Å²) in [5, 5.41) is 1.40. The highest BCUT2D eigenvalue weighted by molar-refractivity contribution is 5.82. The summed E-state index contributed by atoms with van der Waals surface area (Å²) >= 11 is 0. The Balaban J connectivity index is 1.23. The highest BCUT2D eigenvalue weighted by Crippen LogP contribution is 2.16. The van der Waals surface area contributed by atoms with Crippen molar-refractivity contribution in [2.75, 3.05) is 32.7 Å². The van der Waals surface area contributed by atoms with Crippen LogP contribution in [0.25, 0.3) is 10.9 Å². The van der Waals surface area contributed by atoms with Crippen molar-refractivity contribution >= 4 is 10.9 Å². The molecule has 3 aromatic rings. The van der Waals surface area contributed by atoms with Crippen LogP contribution < -0.4 is 9.80 Å². The van der Waals surface area contributed by atoms with Gasteiger partial charge < -0.3 is 14.8 Å². The Morgan fingerprint density at radius 3 is 2.36 bits per heavy atom. The van der Waals surface area contributed by atoms with E-state index in [1.807, 2.05) is 0 Å². The summed E-state index contributed by atoms with van der Waals surface area (Å²) in [6.07, 6.45) is 4.73. The first-order chi connectivity index (χ1) is 12.4.